The van der Waals surface area contributed by atoms with E-state index in [2.05, 4.69) is 0 Å². The summed E-state index contributed by atoms with van der Waals surface area (Å²) in [7, 11) is -3.39. The van der Waals surface area contributed by atoms with Gasteiger partial charge in [-0.1, -0.05) is 6.92 Å². The summed E-state index contributed by atoms with van der Waals surface area (Å²) in [5.74, 6) is -1.05. The number of sulfone groups is 1. The van der Waals surface area contributed by atoms with Crippen molar-refractivity contribution >= 4 is 9.84 Å². The minimum atomic E-state index is -3.39. The van der Waals surface area contributed by atoms with Crippen molar-refractivity contribution in [1.82, 2.24) is 0 Å². The third-order valence-corrected chi connectivity index (χ3v) is 4.17. The van der Waals surface area contributed by atoms with Gasteiger partial charge in [0.15, 0.2) is 9.84 Å². The highest BCUT2D eigenvalue weighted by molar-refractivity contribution is 7.90. The van der Waals surface area contributed by atoms with E-state index in [1.165, 1.54) is 6.07 Å². The van der Waals surface area contributed by atoms with Crippen molar-refractivity contribution in [1.29, 1.82) is 5.26 Å². The molecule has 0 aliphatic carbocycles. The third-order valence-electron chi connectivity index (χ3n) is 2.47. The van der Waals surface area contributed by atoms with Crippen LogP contribution in [0.2, 0.25) is 0 Å². The minimum Gasteiger partial charge on any atom is -0.327 e. The topological polar surface area (TPSA) is 84.0 Å². The molecule has 1 unspecified atom stereocenters. The Balaban J connectivity index is 2.91. The number of hydrogen-bond donors (Lipinski definition) is 1. The van der Waals surface area contributed by atoms with Crippen LogP contribution in [0.25, 0.3) is 0 Å². The quantitative estimate of drug-likeness (QED) is 0.875. The Morgan fingerprint density at radius 1 is 1.44 bits per heavy atom. The van der Waals surface area contributed by atoms with Crippen molar-refractivity contribution < 1.29 is 12.8 Å². The van der Waals surface area contributed by atoms with E-state index < -0.39 is 21.7 Å². The Bertz CT molecular complexity index is 564. The van der Waals surface area contributed by atoms with E-state index in [1.54, 1.807) is 13.0 Å². The zero-order valence-corrected chi connectivity index (χ0v) is 10.9. The van der Waals surface area contributed by atoms with Crippen LogP contribution in [-0.4, -0.2) is 20.2 Å². The van der Waals surface area contributed by atoms with Crippen molar-refractivity contribution in [2.45, 2.75) is 25.1 Å². The number of halogens is 1. The molecule has 0 saturated heterocycles. The first-order valence-electron chi connectivity index (χ1n) is 5.52. The van der Waals surface area contributed by atoms with E-state index in [0.29, 0.717) is 6.42 Å². The van der Waals surface area contributed by atoms with E-state index in [4.69, 9.17) is 11.0 Å². The average Bonchev–Trinajstić information content (AvgIpc) is 2.26. The fourth-order valence-corrected chi connectivity index (χ4v) is 3.24. The normalized spacial score (nSPS) is 13.0. The maximum absolute atomic E-state index is 13.1. The number of rotatable bonds is 5. The van der Waals surface area contributed by atoms with E-state index >= 15 is 0 Å². The fourth-order valence-electron chi connectivity index (χ4n) is 1.56. The molecule has 0 spiro atoms. The molecule has 0 saturated carbocycles. The van der Waals surface area contributed by atoms with Crippen molar-refractivity contribution in [2.75, 3.05) is 5.75 Å². The zero-order valence-electron chi connectivity index (χ0n) is 10.1. The monoisotopic (exact) mass is 270 g/mol. The highest BCUT2D eigenvalue weighted by atomic mass is 32.2. The van der Waals surface area contributed by atoms with Gasteiger partial charge in [0.25, 0.3) is 0 Å². The minimum absolute atomic E-state index is 0.111. The first-order valence-corrected chi connectivity index (χ1v) is 7.34. The van der Waals surface area contributed by atoms with Crippen LogP contribution in [0.4, 0.5) is 4.39 Å². The molecule has 1 aromatic rings. The van der Waals surface area contributed by atoms with Gasteiger partial charge in [-0.25, -0.2) is 12.8 Å². The molecule has 1 rings (SSSR count). The highest BCUT2D eigenvalue weighted by Crippen LogP contribution is 2.13. The molecule has 1 aromatic carbocycles. The second-order valence-corrected chi connectivity index (χ2v) is 6.29. The summed E-state index contributed by atoms with van der Waals surface area (Å²) >= 11 is 0. The van der Waals surface area contributed by atoms with Gasteiger partial charge < -0.3 is 5.73 Å². The Morgan fingerprint density at radius 2 is 2.11 bits per heavy atom. The molecule has 0 aliphatic heterocycles. The van der Waals surface area contributed by atoms with Gasteiger partial charge in [-0.2, -0.15) is 5.26 Å². The number of hydrogen-bond acceptors (Lipinski definition) is 4. The molecule has 0 aliphatic rings. The second-order valence-electron chi connectivity index (χ2n) is 4.18. The predicted molar refractivity (Wildman–Crippen MR) is 66.9 cm³/mol. The largest absolute Gasteiger partial charge is 0.327 e. The average molecular weight is 270 g/mol. The third kappa shape index (κ3) is 4.43. The van der Waals surface area contributed by atoms with Crippen LogP contribution >= 0.6 is 0 Å². The van der Waals surface area contributed by atoms with E-state index in [0.717, 1.165) is 12.1 Å². The standard InChI is InChI=1S/C12H15FN2O2S/c1-2-12(15)8-18(16,17)7-10-3-9(6-14)4-11(13)5-10/h3-5,12H,2,7-8,15H2,1H3. The van der Waals surface area contributed by atoms with Crippen LogP contribution in [0, 0.1) is 17.1 Å². The van der Waals surface area contributed by atoms with Crippen LogP contribution in [0.3, 0.4) is 0 Å². The zero-order chi connectivity index (χ0) is 13.8. The first-order chi connectivity index (χ1) is 8.36. The van der Waals surface area contributed by atoms with Gasteiger partial charge in [0.2, 0.25) is 0 Å². The molecular weight excluding hydrogens is 255 g/mol. The van der Waals surface area contributed by atoms with Crippen LogP contribution < -0.4 is 5.73 Å². The molecular formula is C12H15FN2O2S. The maximum Gasteiger partial charge on any atom is 0.155 e. The van der Waals surface area contributed by atoms with Crippen LogP contribution in [0.15, 0.2) is 18.2 Å². The predicted octanol–water partition coefficient (Wildman–Crippen LogP) is 1.35. The molecule has 0 radical (unpaired) electrons. The van der Waals surface area contributed by atoms with Crippen LogP contribution in [0.1, 0.15) is 24.5 Å². The summed E-state index contributed by atoms with van der Waals surface area (Å²) in [6, 6.07) is 4.93. The SMILES string of the molecule is CCC(N)CS(=O)(=O)Cc1cc(F)cc(C#N)c1. The molecule has 0 bridgehead atoms. The molecule has 1 atom stereocenters. The van der Waals surface area contributed by atoms with E-state index in [1.807, 2.05) is 0 Å². The highest BCUT2D eigenvalue weighted by Gasteiger charge is 2.16. The molecule has 0 fully saturated rings. The van der Waals surface area contributed by atoms with Gasteiger partial charge in [0, 0.05) is 6.04 Å². The number of benzene rings is 1. The lowest BCUT2D eigenvalue weighted by atomic mass is 10.1. The number of nitrogens with zero attached hydrogens (tertiary/aromatic N) is 1. The van der Waals surface area contributed by atoms with Gasteiger partial charge in [0.1, 0.15) is 5.82 Å². The van der Waals surface area contributed by atoms with Gasteiger partial charge in [-0.05, 0) is 30.2 Å². The first kappa shape index (κ1) is 14.6. The second kappa shape index (κ2) is 5.94. The Kier molecular flexibility index (Phi) is 4.82. The summed E-state index contributed by atoms with van der Waals surface area (Å²) in [5, 5.41) is 8.68. The summed E-state index contributed by atoms with van der Waals surface area (Å²) in [6.45, 7) is 1.80. The van der Waals surface area contributed by atoms with Gasteiger partial charge in [-0.3, -0.25) is 0 Å². The summed E-state index contributed by atoms with van der Waals surface area (Å²) in [6.07, 6.45) is 0.561. The molecule has 98 valence electrons. The molecule has 2 N–H and O–H groups in total. The molecule has 0 amide bonds. The van der Waals surface area contributed by atoms with Crippen molar-refractivity contribution in [3.05, 3.63) is 35.1 Å². The lowest BCUT2D eigenvalue weighted by Crippen LogP contribution is -2.29. The maximum atomic E-state index is 13.1. The summed E-state index contributed by atoms with van der Waals surface area (Å²) < 4.78 is 36.7. The van der Waals surface area contributed by atoms with Crippen molar-refractivity contribution in [3.63, 3.8) is 0 Å². The van der Waals surface area contributed by atoms with Crippen molar-refractivity contribution in [2.24, 2.45) is 5.73 Å². The molecule has 0 heterocycles. The van der Waals surface area contributed by atoms with Gasteiger partial charge in [0.05, 0.1) is 23.1 Å². The lowest BCUT2D eigenvalue weighted by molar-refractivity contribution is 0.582. The molecule has 0 aromatic heterocycles. The Labute approximate surface area is 106 Å². The van der Waals surface area contributed by atoms with Crippen LogP contribution in [0.5, 0.6) is 0 Å². The van der Waals surface area contributed by atoms with Gasteiger partial charge in [-0.15, -0.1) is 0 Å². The lowest BCUT2D eigenvalue weighted by Gasteiger charge is -2.10. The Hall–Kier alpha value is -1.45. The molecule has 6 heteroatoms. The smallest absolute Gasteiger partial charge is 0.155 e. The number of nitrogens with two attached hydrogens (primary N) is 1. The summed E-state index contributed by atoms with van der Waals surface area (Å²) in [5.41, 5.74) is 5.98. The van der Waals surface area contributed by atoms with Crippen molar-refractivity contribution in [3.8, 4) is 6.07 Å². The molecule has 18 heavy (non-hydrogen) atoms. The van der Waals surface area contributed by atoms with E-state index in [9.17, 15) is 12.8 Å². The number of nitriles is 1. The fraction of sp³-hybridized carbons (Fsp3) is 0.417. The van der Waals surface area contributed by atoms with E-state index in [-0.39, 0.29) is 22.6 Å². The summed E-state index contributed by atoms with van der Waals surface area (Å²) in [4.78, 5) is 0. The Morgan fingerprint density at radius 3 is 2.67 bits per heavy atom. The van der Waals surface area contributed by atoms with Crippen LogP contribution in [-0.2, 0) is 15.6 Å². The molecule has 4 nitrogen and oxygen atoms in total. The van der Waals surface area contributed by atoms with Gasteiger partial charge >= 0.3 is 0 Å².